The van der Waals surface area contributed by atoms with Crippen LogP contribution in [0.3, 0.4) is 0 Å². The first-order chi connectivity index (χ1) is 7.20. The number of nitrogens with two attached hydrogens (primary N) is 1. The molecule has 0 aliphatic heterocycles. The van der Waals surface area contributed by atoms with Crippen molar-refractivity contribution >= 4 is 5.91 Å². The smallest absolute Gasteiger partial charge is 0.353 e. The number of amides is 1. The van der Waals surface area contributed by atoms with Crippen LogP contribution in [0.2, 0.25) is 0 Å². The topological polar surface area (TPSA) is 55.1 Å². The summed E-state index contributed by atoms with van der Waals surface area (Å²) in [7, 11) is 0. The predicted octanol–water partition coefficient (Wildman–Crippen LogP) is 1.96. The third kappa shape index (κ3) is 9.76. The number of carbonyl (C=O) groups excluding carboxylic acids is 1. The van der Waals surface area contributed by atoms with E-state index in [9.17, 15) is 18.0 Å². The van der Waals surface area contributed by atoms with Gasteiger partial charge in [-0.15, -0.1) is 0 Å². The van der Waals surface area contributed by atoms with E-state index < -0.39 is 18.6 Å². The van der Waals surface area contributed by atoms with Crippen LogP contribution >= 0.6 is 0 Å². The van der Waals surface area contributed by atoms with Gasteiger partial charge < -0.3 is 11.1 Å². The molecule has 0 aromatic heterocycles. The zero-order chi connectivity index (χ0) is 12.8. The van der Waals surface area contributed by atoms with Crippen LogP contribution in [0, 0.1) is 0 Å². The monoisotopic (exact) mass is 240 g/mol. The largest absolute Gasteiger partial charge is 0.391 e. The van der Waals surface area contributed by atoms with E-state index in [2.05, 4.69) is 5.32 Å². The van der Waals surface area contributed by atoms with Gasteiger partial charge in [0, 0.05) is 18.5 Å². The average Bonchev–Trinajstić information content (AvgIpc) is 1.98. The van der Waals surface area contributed by atoms with Crippen molar-refractivity contribution in [3.8, 4) is 0 Å². The van der Waals surface area contributed by atoms with Gasteiger partial charge in [0.05, 0.1) is 6.42 Å². The van der Waals surface area contributed by atoms with Gasteiger partial charge in [0.2, 0.25) is 5.91 Å². The van der Waals surface area contributed by atoms with Crippen molar-refractivity contribution < 1.29 is 18.0 Å². The van der Waals surface area contributed by atoms with Gasteiger partial charge >= 0.3 is 6.18 Å². The average molecular weight is 240 g/mol. The molecule has 0 aliphatic carbocycles. The van der Waals surface area contributed by atoms with Crippen molar-refractivity contribution in [3.63, 3.8) is 0 Å². The van der Waals surface area contributed by atoms with E-state index in [-0.39, 0.29) is 18.4 Å². The molecule has 0 radical (unpaired) electrons. The van der Waals surface area contributed by atoms with E-state index in [1.807, 2.05) is 6.92 Å². The Bertz CT molecular complexity index is 217. The van der Waals surface area contributed by atoms with Crippen molar-refractivity contribution in [2.24, 2.45) is 5.73 Å². The molecule has 16 heavy (non-hydrogen) atoms. The lowest BCUT2D eigenvalue weighted by atomic mass is 10.1. The van der Waals surface area contributed by atoms with Gasteiger partial charge in [0.1, 0.15) is 0 Å². The van der Waals surface area contributed by atoms with Crippen LogP contribution in [0.5, 0.6) is 0 Å². The summed E-state index contributed by atoms with van der Waals surface area (Å²) in [5.41, 5.74) is 5.48. The molecule has 0 saturated heterocycles. The molecule has 0 saturated carbocycles. The lowest BCUT2D eigenvalue weighted by Crippen LogP contribution is -2.35. The molecular weight excluding hydrogens is 221 g/mol. The molecule has 2 unspecified atom stereocenters. The third-order valence-corrected chi connectivity index (χ3v) is 2.01. The van der Waals surface area contributed by atoms with Gasteiger partial charge in [0.15, 0.2) is 0 Å². The van der Waals surface area contributed by atoms with Crippen LogP contribution in [0.4, 0.5) is 13.2 Å². The SMILES string of the molecule is CC(N)CCCC(=O)NC(C)CC(F)(F)F. The van der Waals surface area contributed by atoms with Crippen molar-refractivity contribution in [2.45, 2.75) is 57.8 Å². The summed E-state index contributed by atoms with van der Waals surface area (Å²) >= 11 is 0. The minimum Gasteiger partial charge on any atom is -0.353 e. The molecule has 2 atom stereocenters. The lowest BCUT2D eigenvalue weighted by Gasteiger charge is -2.15. The van der Waals surface area contributed by atoms with E-state index in [1.54, 1.807) is 0 Å². The van der Waals surface area contributed by atoms with Crippen molar-refractivity contribution in [1.29, 1.82) is 0 Å². The first-order valence-electron chi connectivity index (χ1n) is 5.32. The van der Waals surface area contributed by atoms with E-state index >= 15 is 0 Å². The second-order valence-electron chi connectivity index (χ2n) is 4.16. The number of hydrogen-bond donors (Lipinski definition) is 2. The Morgan fingerprint density at radius 3 is 2.38 bits per heavy atom. The fourth-order valence-electron chi connectivity index (χ4n) is 1.33. The maximum Gasteiger partial charge on any atom is 0.391 e. The Hall–Kier alpha value is -0.780. The summed E-state index contributed by atoms with van der Waals surface area (Å²) in [5, 5.41) is 2.31. The molecule has 0 heterocycles. The zero-order valence-corrected chi connectivity index (χ0v) is 9.60. The highest BCUT2D eigenvalue weighted by Crippen LogP contribution is 2.21. The summed E-state index contributed by atoms with van der Waals surface area (Å²) < 4.78 is 35.8. The molecule has 0 aliphatic rings. The van der Waals surface area contributed by atoms with Gasteiger partial charge in [0.25, 0.3) is 0 Å². The number of alkyl halides is 3. The molecule has 3 N–H and O–H groups in total. The molecule has 1 amide bonds. The fourth-order valence-corrected chi connectivity index (χ4v) is 1.33. The standard InChI is InChI=1S/C10H19F3N2O/c1-7(14)4-3-5-9(16)15-8(2)6-10(11,12)13/h7-8H,3-6,14H2,1-2H3,(H,15,16). The minimum atomic E-state index is -4.24. The van der Waals surface area contributed by atoms with Crippen LogP contribution < -0.4 is 11.1 Å². The maximum absolute atomic E-state index is 11.9. The first kappa shape index (κ1) is 15.2. The Balaban J connectivity index is 3.71. The highest BCUT2D eigenvalue weighted by Gasteiger charge is 2.30. The van der Waals surface area contributed by atoms with Crippen molar-refractivity contribution in [2.75, 3.05) is 0 Å². The molecule has 96 valence electrons. The molecule has 0 bridgehead atoms. The summed E-state index contributed by atoms with van der Waals surface area (Å²) in [6, 6.07) is -0.858. The number of carbonyl (C=O) groups is 1. The molecule has 3 nitrogen and oxygen atoms in total. The maximum atomic E-state index is 11.9. The molecule has 0 rings (SSSR count). The quantitative estimate of drug-likeness (QED) is 0.745. The second kappa shape index (κ2) is 6.73. The highest BCUT2D eigenvalue weighted by atomic mass is 19.4. The number of nitrogens with one attached hydrogen (secondary N) is 1. The van der Waals surface area contributed by atoms with Crippen LogP contribution in [0.1, 0.15) is 39.5 Å². The molecule has 0 fully saturated rings. The van der Waals surface area contributed by atoms with E-state index in [1.165, 1.54) is 6.92 Å². The normalized spacial score (nSPS) is 15.6. The number of halogens is 3. The molecular formula is C10H19F3N2O. The minimum absolute atomic E-state index is 0.0143. The zero-order valence-electron chi connectivity index (χ0n) is 9.60. The molecule has 0 aromatic rings. The highest BCUT2D eigenvalue weighted by molar-refractivity contribution is 5.76. The Morgan fingerprint density at radius 2 is 1.94 bits per heavy atom. The first-order valence-corrected chi connectivity index (χ1v) is 5.32. The van der Waals surface area contributed by atoms with Crippen LogP contribution in [0.25, 0.3) is 0 Å². The summed E-state index contributed by atoms with van der Waals surface area (Å²) in [6.07, 6.45) is -3.71. The summed E-state index contributed by atoms with van der Waals surface area (Å²) in [4.78, 5) is 11.2. The van der Waals surface area contributed by atoms with E-state index in [0.29, 0.717) is 12.8 Å². The van der Waals surface area contributed by atoms with Crippen molar-refractivity contribution in [3.05, 3.63) is 0 Å². The van der Waals surface area contributed by atoms with Gasteiger partial charge in [-0.05, 0) is 26.7 Å². The Labute approximate surface area is 93.6 Å². The van der Waals surface area contributed by atoms with E-state index in [0.717, 1.165) is 0 Å². The second-order valence-corrected chi connectivity index (χ2v) is 4.16. The van der Waals surface area contributed by atoms with Crippen LogP contribution in [-0.2, 0) is 4.79 Å². The number of hydrogen-bond acceptors (Lipinski definition) is 2. The van der Waals surface area contributed by atoms with Crippen LogP contribution in [0.15, 0.2) is 0 Å². The van der Waals surface area contributed by atoms with Gasteiger partial charge in [-0.25, -0.2) is 0 Å². The number of rotatable bonds is 6. The summed E-state index contributed by atoms with van der Waals surface area (Å²) in [5.74, 6) is -0.350. The molecule has 0 spiro atoms. The summed E-state index contributed by atoms with van der Waals surface area (Å²) in [6.45, 7) is 3.17. The Morgan fingerprint density at radius 1 is 1.38 bits per heavy atom. The molecule has 0 aromatic carbocycles. The molecule has 6 heteroatoms. The van der Waals surface area contributed by atoms with Crippen LogP contribution in [-0.4, -0.2) is 24.2 Å². The lowest BCUT2D eigenvalue weighted by molar-refractivity contribution is -0.141. The predicted molar refractivity (Wildman–Crippen MR) is 55.8 cm³/mol. The van der Waals surface area contributed by atoms with Gasteiger partial charge in [-0.3, -0.25) is 4.79 Å². The van der Waals surface area contributed by atoms with Crippen molar-refractivity contribution in [1.82, 2.24) is 5.32 Å². The third-order valence-electron chi connectivity index (χ3n) is 2.01. The fraction of sp³-hybridized carbons (Fsp3) is 0.900. The Kier molecular flexibility index (Phi) is 6.40. The van der Waals surface area contributed by atoms with Gasteiger partial charge in [-0.2, -0.15) is 13.2 Å². The van der Waals surface area contributed by atoms with E-state index in [4.69, 9.17) is 5.73 Å². The van der Waals surface area contributed by atoms with Gasteiger partial charge in [-0.1, -0.05) is 0 Å².